The van der Waals surface area contributed by atoms with E-state index in [1.807, 2.05) is 0 Å². The van der Waals surface area contributed by atoms with Crippen LogP contribution >= 0.6 is 11.8 Å². The standard InChI is InChI=1S/C24H25ClN6O6/c1-34-17-3-4-18(26-15-17)23(33)28-16-2-6-21-20(14-16)29-24(37-21)19-5-7-22(32)31(30-19)9-11-36-13-12-35-10-8-27-25/h2-7,14-15,27H,8-13H2,1H3,(H,28,33). The molecule has 0 fully saturated rings. The molecule has 0 bridgehead atoms. The maximum Gasteiger partial charge on any atom is 0.274 e. The van der Waals surface area contributed by atoms with E-state index in [1.165, 1.54) is 24.1 Å². The van der Waals surface area contributed by atoms with Gasteiger partial charge in [-0.1, -0.05) is 0 Å². The second kappa shape index (κ2) is 12.9. The van der Waals surface area contributed by atoms with Crippen molar-refractivity contribution in [2.45, 2.75) is 6.54 Å². The monoisotopic (exact) mass is 528 g/mol. The molecule has 194 valence electrons. The molecule has 0 aliphatic heterocycles. The van der Waals surface area contributed by atoms with E-state index in [0.29, 0.717) is 54.6 Å². The molecule has 37 heavy (non-hydrogen) atoms. The number of nitrogens with one attached hydrogen (secondary N) is 2. The molecule has 0 aliphatic carbocycles. The van der Waals surface area contributed by atoms with Crippen LogP contribution in [0.25, 0.3) is 22.7 Å². The van der Waals surface area contributed by atoms with Gasteiger partial charge in [-0.3, -0.25) is 9.59 Å². The summed E-state index contributed by atoms with van der Waals surface area (Å²) in [5.41, 5.74) is 1.90. The van der Waals surface area contributed by atoms with E-state index in [4.69, 9.17) is 30.4 Å². The number of aromatic nitrogens is 4. The minimum Gasteiger partial charge on any atom is -0.495 e. The maximum atomic E-state index is 12.5. The van der Waals surface area contributed by atoms with Crippen LogP contribution in [0.4, 0.5) is 5.69 Å². The van der Waals surface area contributed by atoms with Crippen LogP contribution in [0.2, 0.25) is 0 Å². The van der Waals surface area contributed by atoms with Gasteiger partial charge in [0.15, 0.2) is 5.58 Å². The van der Waals surface area contributed by atoms with Gasteiger partial charge >= 0.3 is 0 Å². The van der Waals surface area contributed by atoms with Crippen LogP contribution in [-0.2, 0) is 16.0 Å². The van der Waals surface area contributed by atoms with Gasteiger partial charge in [0, 0.05) is 18.3 Å². The third kappa shape index (κ3) is 7.11. The lowest BCUT2D eigenvalue weighted by atomic mass is 10.2. The van der Waals surface area contributed by atoms with Crippen molar-refractivity contribution in [2.75, 3.05) is 45.4 Å². The number of fused-ring (bicyclic) bond motifs is 1. The molecule has 0 atom stereocenters. The van der Waals surface area contributed by atoms with Crippen LogP contribution in [0, 0.1) is 0 Å². The fourth-order valence-corrected chi connectivity index (χ4v) is 3.33. The van der Waals surface area contributed by atoms with Crippen LogP contribution in [0.1, 0.15) is 10.5 Å². The molecule has 0 radical (unpaired) electrons. The molecule has 0 unspecified atom stereocenters. The number of carbonyl (C=O) groups excluding carboxylic acids is 1. The molecular formula is C24H25ClN6O6. The van der Waals surface area contributed by atoms with Crippen molar-refractivity contribution in [3.63, 3.8) is 0 Å². The Hall–Kier alpha value is -3.84. The highest BCUT2D eigenvalue weighted by molar-refractivity contribution is 6.13. The molecule has 3 aromatic heterocycles. The van der Waals surface area contributed by atoms with Crippen LogP contribution in [0.5, 0.6) is 5.75 Å². The fraction of sp³-hybridized carbons (Fsp3) is 0.292. The zero-order valence-corrected chi connectivity index (χ0v) is 20.7. The Kier molecular flexibility index (Phi) is 9.16. The highest BCUT2D eigenvalue weighted by atomic mass is 35.5. The number of rotatable bonds is 13. The molecule has 0 saturated carbocycles. The van der Waals surface area contributed by atoms with Gasteiger partial charge in [0.25, 0.3) is 11.5 Å². The van der Waals surface area contributed by atoms with Gasteiger partial charge in [-0.05, 0) is 48.2 Å². The zero-order chi connectivity index (χ0) is 26.0. The van der Waals surface area contributed by atoms with E-state index < -0.39 is 0 Å². The molecule has 13 heteroatoms. The first-order valence-corrected chi connectivity index (χ1v) is 11.7. The molecule has 2 N–H and O–H groups in total. The summed E-state index contributed by atoms with van der Waals surface area (Å²) >= 11 is 5.35. The van der Waals surface area contributed by atoms with Crippen molar-refractivity contribution in [2.24, 2.45) is 0 Å². The Morgan fingerprint density at radius 2 is 1.92 bits per heavy atom. The molecule has 1 aromatic carbocycles. The quantitative estimate of drug-likeness (QED) is 0.196. The third-order valence-electron chi connectivity index (χ3n) is 5.10. The smallest absolute Gasteiger partial charge is 0.274 e. The van der Waals surface area contributed by atoms with E-state index >= 15 is 0 Å². The molecular weight excluding hydrogens is 504 g/mol. The summed E-state index contributed by atoms with van der Waals surface area (Å²) in [5.74, 6) is 0.425. The van der Waals surface area contributed by atoms with Crippen LogP contribution in [0.15, 0.2) is 57.9 Å². The molecule has 1 amide bonds. The minimum absolute atomic E-state index is 0.242. The number of oxazole rings is 1. The largest absolute Gasteiger partial charge is 0.495 e. The SMILES string of the molecule is COc1ccc(C(=O)Nc2ccc3oc(-c4ccc(=O)n(CCOCCOCCNCl)n4)nc3c2)nc1. The number of amides is 1. The Labute approximate surface area is 216 Å². The Bertz CT molecular complexity index is 1390. The van der Waals surface area contributed by atoms with Crippen molar-refractivity contribution in [1.29, 1.82) is 0 Å². The number of pyridine rings is 1. The first kappa shape index (κ1) is 26.2. The topological polar surface area (TPSA) is 143 Å². The lowest BCUT2D eigenvalue weighted by Crippen LogP contribution is -2.25. The lowest BCUT2D eigenvalue weighted by molar-refractivity contribution is 0.0457. The van der Waals surface area contributed by atoms with Crippen LogP contribution in [0.3, 0.4) is 0 Å². The number of methoxy groups -OCH3 is 1. The number of hydrogen-bond donors (Lipinski definition) is 2. The van der Waals surface area contributed by atoms with Gasteiger partial charge in [0.2, 0.25) is 5.89 Å². The number of anilines is 1. The van der Waals surface area contributed by atoms with Crippen molar-refractivity contribution < 1.29 is 23.4 Å². The minimum atomic E-state index is -0.375. The van der Waals surface area contributed by atoms with E-state index in [-0.39, 0.29) is 36.2 Å². The summed E-state index contributed by atoms with van der Waals surface area (Å²) in [4.78, 5) is 35.7. The average Bonchev–Trinajstić information content (AvgIpc) is 3.34. The summed E-state index contributed by atoms with van der Waals surface area (Å²) in [6.45, 7) is 2.37. The highest BCUT2D eigenvalue weighted by Gasteiger charge is 2.14. The number of ether oxygens (including phenoxy) is 3. The number of hydrogen-bond acceptors (Lipinski definition) is 10. The van der Waals surface area contributed by atoms with Gasteiger partial charge in [-0.2, -0.15) is 5.10 Å². The molecule has 0 aliphatic rings. The summed E-state index contributed by atoms with van der Waals surface area (Å²) in [6.07, 6.45) is 1.47. The fourth-order valence-electron chi connectivity index (χ4n) is 3.25. The van der Waals surface area contributed by atoms with Crippen molar-refractivity contribution in [3.8, 4) is 17.3 Å². The Morgan fingerprint density at radius 1 is 1.08 bits per heavy atom. The van der Waals surface area contributed by atoms with Crippen molar-refractivity contribution >= 4 is 34.5 Å². The van der Waals surface area contributed by atoms with Crippen molar-refractivity contribution in [1.82, 2.24) is 24.6 Å². The number of nitrogens with zero attached hydrogens (tertiary/aromatic N) is 4. The first-order valence-electron chi connectivity index (χ1n) is 11.4. The highest BCUT2D eigenvalue weighted by Crippen LogP contribution is 2.25. The first-order chi connectivity index (χ1) is 18.1. The van der Waals surface area contributed by atoms with Gasteiger partial charge < -0.3 is 23.9 Å². The van der Waals surface area contributed by atoms with Crippen LogP contribution in [-0.4, -0.2) is 65.7 Å². The second-order valence-corrected chi connectivity index (χ2v) is 7.89. The Morgan fingerprint density at radius 3 is 2.68 bits per heavy atom. The van der Waals surface area contributed by atoms with E-state index in [1.54, 1.807) is 36.4 Å². The van der Waals surface area contributed by atoms with Crippen molar-refractivity contribution in [3.05, 3.63) is 64.7 Å². The molecule has 0 saturated heterocycles. The second-order valence-electron chi connectivity index (χ2n) is 7.63. The van der Waals surface area contributed by atoms with Gasteiger partial charge in [0.1, 0.15) is 22.7 Å². The van der Waals surface area contributed by atoms with Gasteiger partial charge in [-0.25, -0.2) is 19.5 Å². The third-order valence-corrected chi connectivity index (χ3v) is 5.29. The molecule has 0 spiro atoms. The number of halogens is 1. The van der Waals surface area contributed by atoms with E-state index in [0.717, 1.165) is 0 Å². The lowest BCUT2D eigenvalue weighted by Gasteiger charge is -2.07. The summed E-state index contributed by atoms with van der Waals surface area (Å²) in [6, 6.07) is 11.2. The van der Waals surface area contributed by atoms with Gasteiger partial charge in [-0.15, -0.1) is 0 Å². The average molecular weight is 529 g/mol. The predicted molar refractivity (Wildman–Crippen MR) is 136 cm³/mol. The molecule has 4 rings (SSSR count). The zero-order valence-electron chi connectivity index (χ0n) is 20.0. The summed E-state index contributed by atoms with van der Waals surface area (Å²) in [5, 5.41) is 7.13. The maximum absolute atomic E-state index is 12.5. The predicted octanol–water partition coefficient (Wildman–Crippen LogP) is 2.48. The van der Waals surface area contributed by atoms with E-state index in [9.17, 15) is 9.59 Å². The van der Waals surface area contributed by atoms with Crippen LogP contribution < -0.4 is 20.4 Å². The number of carbonyl (C=O) groups is 1. The molecule has 3 heterocycles. The van der Waals surface area contributed by atoms with Gasteiger partial charge in [0.05, 0.1) is 46.3 Å². The summed E-state index contributed by atoms with van der Waals surface area (Å²) < 4.78 is 23.0. The Balaban J connectivity index is 1.39. The molecule has 4 aromatic rings. The normalized spacial score (nSPS) is 11.1. The number of benzene rings is 1. The summed E-state index contributed by atoms with van der Waals surface area (Å²) in [7, 11) is 1.53. The molecule has 12 nitrogen and oxygen atoms in total. The van der Waals surface area contributed by atoms with E-state index in [2.05, 4.69) is 25.2 Å².